The molecule has 1 atom stereocenters. The molecule has 41 heavy (non-hydrogen) atoms. The van der Waals surface area contributed by atoms with E-state index in [2.05, 4.69) is 48.3 Å². The van der Waals surface area contributed by atoms with Crippen LogP contribution in [0.25, 0.3) is 23.0 Å². The maximum Gasteiger partial charge on any atom is 0.411 e. The van der Waals surface area contributed by atoms with E-state index < -0.39 is 6.09 Å². The van der Waals surface area contributed by atoms with Crippen LogP contribution in [0.5, 0.6) is 0 Å². The van der Waals surface area contributed by atoms with Crippen molar-refractivity contribution in [2.75, 3.05) is 12.4 Å². The smallest absolute Gasteiger partial charge is 0.411 e. The van der Waals surface area contributed by atoms with Crippen molar-refractivity contribution in [1.29, 1.82) is 0 Å². The number of carbonyl (C=O) groups is 2. The number of aromatic amines is 1. The highest BCUT2D eigenvalue weighted by atomic mass is 35.5. The van der Waals surface area contributed by atoms with Gasteiger partial charge in [0.2, 0.25) is 5.91 Å². The van der Waals surface area contributed by atoms with Gasteiger partial charge >= 0.3 is 6.09 Å². The number of H-pyrrole nitrogens is 1. The number of imidazole rings is 1. The number of carbonyl (C=O) groups excluding carboxylic acids is 2. The molecule has 0 unspecified atom stereocenters. The highest BCUT2D eigenvalue weighted by Gasteiger charge is 2.18. The number of aromatic nitrogens is 6. The Morgan fingerprint density at radius 2 is 2.07 bits per heavy atom. The average Bonchev–Trinajstić information content (AvgIpc) is 3.68. The monoisotopic (exact) mass is 572 g/mol. The number of halogens is 1. The minimum Gasteiger partial charge on any atom is -0.453 e. The highest BCUT2D eigenvalue weighted by molar-refractivity contribution is 6.30. The van der Waals surface area contributed by atoms with E-state index >= 15 is 0 Å². The molecule has 5 rings (SSSR count). The van der Waals surface area contributed by atoms with Crippen LogP contribution in [-0.4, -0.2) is 49.3 Å². The number of nitrogens with zero attached hydrogens (tertiary/aromatic N) is 5. The zero-order chi connectivity index (χ0) is 28.6. The average molecular weight is 573 g/mol. The van der Waals surface area contributed by atoms with Crippen molar-refractivity contribution in [3.63, 3.8) is 0 Å². The van der Waals surface area contributed by atoms with Gasteiger partial charge in [-0.25, -0.2) is 9.78 Å². The first-order valence-electron chi connectivity index (χ1n) is 13.2. The van der Waals surface area contributed by atoms with E-state index in [4.69, 9.17) is 16.3 Å². The van der Waals surface area contributed by atoms with Gasteiger partial charge in [-0.3, -0.25) is 10.1 Å². The van der Waals surface area contributed by atoms with E-state index in [9.17, 15) is 9.59 Å². The second-order valence-corrected chi connectivity index (χ2v) is 9.91. The molecule has 4 aromatic rings. The Kier molecular flexibility index (Phi) is 8.85. The van der Waals surface area contributed by atoms with Crippen molar-refractivity contribution in [3.8, 4) is 16.9 Å². The second kappa shape index (κ2) is 13.1. The van der Waals surface area contributed by atoms with Crippen molar-refractivity contribution in [2.45, 2.75) is 38.1 Å². The van der Waals surface area contributed by atoms with Crippen LogP contribution in [0.2, 0.25) is 5.02 Å². The molecular weight excluding hydrogens is 544 g/mol. The second-order valence-electron chi connectivity index (χ2n) is 9.48. The fraction of sp³-hybridized carbons (Fsp3) is 0.241. The first kappa shape index (κ1) is 27.8. The summed E-state index contributed by atoms with van der Waals surface area (Å²) in [5.74, 6) is 0.359. The van der Waals surface area contributed by atoms with Crippen molar-refractivity contribution < 1.29 is 14.3 Å². The van der Waals surface area contributed by atoms with E-state index in [0.717, 1.165) is 42.5 Å². The number of tetrazole rings is 1. The SMILES string of the molecule is COC(=O)Nc1ccc2c(c1)CCCC/C=C/C[C@H](NC(=O)/C=C/c1cc(Cl)ccc1-n1cnnn1)c1ncc-2[nH]1. The fourth-order valence-corrected chi connectivity index (χ4v) is 4.83. The number of hydrogen-bond donors (Lipinski definition) is 3. The summed E-state index contributed by atoms with van der Waals surface area (Å²) in [4.78, 5) is 32.8. The van der Waals surface area contributed by atoms with Crippen molar-refractivity contribution in [1.82, 2.24) is 35.5 Å². The van der Waals surface area contributed by atoms with E-state index in [0.29, 0.717) is 34.2 Å². The molecule has 3 N–H and O–H groups in total. The normalized spacial score (nSPS) is 16.1. The minimum atomic E-state index is -0.516. The first-order chi connectivity index (χ1) is 20.0. The van der Waals surface area contributed by atoms with Crippen LogP contribution in [-0.2, 0) is 16.0 Å². The van der Waals surface area contributed by atoms with Crippen molar-refractivity contribution >= 4 is 35.4 Å². The molecule has 2 bridgehead atoms. The third kappa shape index (κ3) is 7.06. The number of nitrogens with one attached hydrogen (secondary N) is 3. The highest BCUT2D eigenvalue weighted by Crippen LogP contribution is 2.29. The number of hydrogen-bond acceptors (Lipinski definition) is 7. The van der Waals surface area contributed by atoms with E-state index in [1.54, 1.807) is 30.5 Å². The van der Waals surface area contributed by atoms with Crippen LogP contribution in [0.15, 0.2) is 67.2 Å². The summed E-state index contributed by atoms with van der Waals surface area (Å²) >= 11 is 6.21. The molecule has 0 saturated carbocycles. The van der Waals surface area contributed by atoms with Gasteiger partial charge < -0.3 is 15.0 Å². The largest absolute Gasteiger partial charge is 0.453 e. The van der Waals surface area contributed by atoms with Gasteiger partial charge in [-0.15, -0.1) is 5.10 Å². The Balaban J connectivity index is 1.38. The standard InChI is InChI=1S/C29H29ClN8O3/c1-41-29(40)33-22-11-12-23-19(16-22)7-5-3-2-4-6-8-24(28-31-17-25(23)35-28)34-27(39)14-9-20-15-21(30)10-13-26(20)38-18-32-36-37-38/h4,6,9-18,24H,2-3,5,7-8H2,1H3,(H,31,35)(H,33,40)(H,34,39)/b6-4+,14-9+/t24-/m0/s1. The molecule has 11 nitrogen and oxygen atoms in total. The maximum absolute atomic E-state index is 13.1. The summed E-state index contributed by atoms with van der Waals surface area (Å²) in [6.45, 7) is 0. The molecule has 2 aromatic heterocycles. The maximum atomic E-state index is 13.1. The Bertz CT molecular complexity index is 1580. The molecule has 210 valence electrons. The van der Waals surface area contributed by atoms with E-state index in [1.807, 2.05) is 18.2 Å². The lowest BCUT2D eigenvalue weighted by atomic mass is 9.98. The summed E-state index contributed by atoms with van der Waals surface area (Å²) in [5, 5.41) is 17.6. The number of aryl methyl sites for hydroxylation is 1. The van der Waals surface area contributed by atoms with Gasteiger partial charge in [0.15, 0.2) is 0 Å². The zero-order valence-electron chi connectivity index (χ0n) is 22.4. The Labute approximate surface area is 241 Å². The third-order valence-electron chi connectivity index (χ3n) is 6.67. The minimum absolute atomic E-state index is 0.285. The Hall–Kier alpha value is -4.77. The van der Waals surface area contributed by atoms with Gasteiger partial charge in [-0.1, -0.05) is 29.8 Å². The summed E-state index contributed by atoms with van der Waals surface area (Å²) in [5.41, 5.74) is 4.95. The number of benzene rings is 2. The zero-order valence-corrected chi connectivity index (χ0v) is 23.1. The molecular formula is C29H29ClN8O3. The predicted molar refractivity (Wildman–Crippen MR) is 155 cm³/mol. The number of ether oxygens (including phenoxy) is 1. The number of allylic oxidation sites excluding steroid dienone is 1. The lowest BCUT2D eigenvalue weighted by molar-refractivity contribution is -0.117. The molecule has 1 aliphatic rings. The van der Waals surface area contributed by atoms with E-state index in [1.165, 1.54) is 24.2 Å². The van der Waals surface area contributed by atoms with Crippen LogP contribution in [0, 0.1) is 0 Å². The summed E-state index contributed by atoms with van der Waals surface area (Å²) < 4.78 is 6.24. The number of rotatable bonds is 5. The molecule has 2 aromatic carbocycles. The topological polar surface area (TPSA) is 140 Å². The lowest BCUT2D eigenvalue weighted by Gasteiger charge is -2.14. The Morgan fingerprint density at radius 3 is 2.90 bits per heavy atom. The molecule has 0 spiro atoms. The first-order valence-corrected chi connectivity index (χ1v) is 13.6. The molecule has 3 heterocycles. The molecule has 12 heteroatoms. The molecule has 1 aliphatic heterocycles. The van der Waals surface area contributed by atoms with E-state index in [-0.39, 0.29) is 11.9 Å². The van der Waals surface area contributed by atoms with Crippen LogP contribution in [0.1, 0.15) is 48.7 Å². The lowest BCUT2D eigenvalue weighted by Crippen LogP contribution is -2.27. The number of fused-ring (bicyclic) bond motifs is 4. The van der Waals surface area contributed by atoms with Crippen molar-refractivity contribution in [3.05, 3.63) is 89.1 Å². The van der Waals surface area contributed by atoms with Gasteiger partial charge in [0, 0.05) is 27.9 Å². The predicted octanol–water partition coefficient (Wildman–Crippen LogP) is 5.43. The molecule has 2 amide bonds. The number of amides is 2. The summed E-state index contributed by atoms with van der Waals surface area (Å²) in [6, 6.07) is 10.6. The number of anilines is 1. The van der Waals surface area contributed by atoms with Gasteiger partial charge in [0.25, 0.3) is 0 Å². The quantitative estimate of drug-likeness (QED) is 0.214. The summed E-state index contributed by atoms with van der Waals surface area (Å²) in [7, 11) is 1.34. The fourth-order valence-electron chi connectivity index (χ4n) is 4.65. The van der Waals surface area contributed by atoms with Crippen molar-refractivity contribution in [2.24, 2.45) is 0 Å². The van der Waals surface area contributed by atoms with Crippen LogP contribution in [0.4, 0.5) is 10.5 Å². The van der Waals surface area contributed by atoms with Crippen LogP contribution in [0.3, 0.4) is 0 Å². The summed E-state index contributed by atoms with van der Waals surface area (Å²) in [6.07, 6.45) is 14.4. The van der Waals surface area contributed by atoms with Gasteiger partial charge in [-0.2, -0.15) is 4.68 Å². The number of methoxy groups -OCH3 is 1. The third-order valence-corrected chi connectivity index (χ3v) is 6.91. The van der Waals surface area contributed by atoms with Gasteiger partial charge in [-0.05, 0) is 84.5 Å². The Morgan fingerprint density at radius 1 is 1.17 bits per heavy atom. The van der Waals surface area contributed by atoms with Gasteiger partial charge in [0.1, 0.15) is 12.2 Å². The molecule has 0 saturated heterocycles. The van der Waals surface area contributed by atoms with Gasteiger partial charge in [0.05, 0.1) is 30.7 Å². The van der Waals surface area contributed by atoms with Crippen LogP contribution < -0.4 is 10.6 Å². The molecule has 0 aliphatic carbocycles. The van der Waals surface area contributed by atoms with Crippen LogP contribution >= 0.6 is 11.6 Å². The molecule has 0 fully saturated rings. The molecule has 0 radical (unpaired) electrons.